The predicted octanol–water partition coefficient (Wildman–Crippen LogP) is 2.79. The first kappa shape index (κ1) is 18.2. The molecule has 0 aromatic carbocycles. The van der Waals surface area contributed by atoms with Crippen LogP contribution < -0.4 is 10.2 Å². The third-order valence-corrected chi connectivity index (χ3v) is 6.55. The molecule has 2 saturated carbocycles. The third-order valence-electron chi connectivity index (χ3n) is 6.55. The fraction of sp³-hybridized carbons (Fsp3) is 0.364. The molecular formula is C22H22N8O. The first-order valence-electron chi connectivity index (χ1n) is 10.5. The molecular weight excluding hydrogens is 392 g/mol. The van der Waals surface area contributed by atoms with E-state index in [1.54, 1.807) is 29.5 Å². The minimum Gasteiger partial charge on any atom is -0.341 e. The molecule has 156 valence electrons. The van der Waals surface area contributed by atoms with Crippen LogP contribution in [0.25, 0.3) is 22.1 Å². The molecule has 0 aliphatic heterocycles. The van der Waals surface area contributed by atoms with E-state index in [-0.39, 0.29) is 12.5 Å². The molecule has 2 aliphatic carbocycles. The van der Waals surface area contributed by atoms with Gasteiger partial charge in [0, 0.05) is 25.5 Å². The van der Waals surface area contributed by atoms with Crippen LogP contribution in [0, 0.1) is 5.41 Å². The van der Waals surface area contributed by atoms with Crippen LogP contribution in [0.2, 0.25) is 0 Å². The van der Waals surface area contributed by atoms with Crippen molar-refractivity contribution < 1.29 is 4.79 Å². The summed E-state index contributed by atoms with van der Waals surface area (Å²) in [5.74, 6) is 0.477. The molecule has 0 saturated heterocycles. The summed E-state index contributed by atoms with van der Waals surface area (Å²) in [6.45, 7) is 0.0520. The van der Waals surface area contributed by atoms with Gasteiger partial charge in [-0.15, -0.1) is 0 Å². The third kappa shape index (κ3) is 3.26. The molecule has 1 spiro atoms. The van der Waals surface area contributed by atoms with Gasteiger partial charge in [0.15, 0.2) is 5.65 Å². The Kier molecular flexibility index (Phi) is 3.92. The molecule has 0 bridgehead atoms. The predicted molar refractivity (Wildman–Crippen MR) is 117 cm³/mol. The maximum absolute atomic E-state index is 12.6. The van der Waals surface area contributed by atoms with Crippen molar-refractivity contribution in [3.05, 3.63) is 43.0 Å². The van der Waals surface area contributed by atoms with E-state index in [1.165, 1.54) is 25.7 Å². The number of nitrogens with zero attached hydrogens (tertiary/aromatic N) is 7. The van der Waals surface area contributed by atoms with Crippen LogP contribution in [0.15, 0.2) is 43.0 Å². The Balaban J connectivity index is 1.19. The highest BCUT2D eigenvalue weighted by Gasteiger charge is 2.54. The summed E-state index contributed by atoms with van der Waals surface area (Å²) in [7, 11) is 2.05. The number of anilines is 2. The van der Waals surface area contributed by atoms with Gasteiger partial charge in [0.25, 0.3) is 0 Å². The normalized spacial score (nSPS) is 17.1. The highest BCUT2D eigenvalue weighted by atomic mass is 16.2. The first-order valence-corrected chi connectivity index (χ1v) is 10.5. The lowest BCUT2D eigenvalue weighted by molar-refractivity contribution is -0.116. The molecule has 2 fully saturated rings. The fourth-order valence-electron chi connectivity index (χ4n) is 4.46. The van der Waals surface area contributed by atoms with Gasteiger partial charge in [-0.1, -0.05) is 0 Å². The monoisotopic (exact) mass is 414 g/mol. The van der Waals surface area contributed by atoms with Crippen LogP contribution in [0.1, 0.15) is 25.7 Å². The smallest absolute Gasteiger partial charge is 0.246 e. The van der Waals surface area contributed by atoms with Crippen molar-refractivity contribution in [1.82, 2.24) is 29.7 Å². The van der Waals surface area contributed by atoms with Crippen LogP contribution in [0.3, 0.4) is 0 Å². The highest BCUT2D eigenvalue weighted by molar-refractivity contribution is 5.93. The number of fused-ring (bicyclic) bond motifs is 2. The molecule has 31 heavy (non-hydrogen) atoms. The van der Waals surface area contributed by atoms with Crippen molar-refractivity contribution in [2.75, 3.05) is 17.3 Å². The Morgan fingerprint density at radius 1 is 1.19 bits per heavy atom. The molecule has 9 heteroatoms. The van der Waals surface area contributed by atoms with Gasteiger partial charge < -0.3 is 10.2 Å². The molecule has 4 aromatic rings. The largest absolute Gasteiger partial charge is 0.341 e. The fourth-order valence-corrected chi connectivity index (χ4v) is 4.46. The van der Waals surface area contributed by atoms with E-state index in [1.807, 2.05) is 18.2 Å². The van der Waals surface area contributed by atoms with E-state index >= 15 is 0 Å². The molecule has 6 rings (SSSR count). The van der Waals surface area contributed by atoms with Crippen molar-refractivity contribution in [3.63, 3.8) is 0 Å². The Bertz CT molecular complexity index is 1300. The van der Waals surface area contributed by atoms with Gasteiger partial charge in [0.2, 0.25) is 11.9 Å². The van der Waals surface area contributed by atoms with Crippen molar-refractivity contribution in [3.8, 4) is 0 Å². The number of aromatic nitrogens is 6. The summed E-state index contributed by atoms with van der Waals surface area (Å²) in [4.78, 5) is 32.6. The minimum absolute atomic E-state index is 0.0520. The zero-order valence-electron chi connectivity index (χ0n) is 17.2. The second-order valence-corrected chi connectivity index (χ2v) is 8.74. The van der Waals surface area contributed by atoms with Crippen LogP contribution in [0.5, 0.6) is 0 Å². The Morgan fingerprint density at radius 3 is 2.90 bits per heavy atom. The van der Waals surface area contributed by atoms with Crippen molar-refractivity contribution in [1.29, 1.82) is 0 Å². The number of hydrogen-bond acceptors (Lipinski definition) is 7. The standard InChI is InChI=1S/C22H22N8O/c1-29(16-8-22(9-16)4-5-22)21-25-10-14-11-26-30(20(14)28-21)13-19(31)27-15-7-18-17(24-12-15)3-2-6-23-18/h2-3,6-7,10-12,16H,4-5,8-9,13H2,1H3,(H,27,31). The number of carbonyl (C=O) groups is 1. The molecule has 2 aliphatic rings. The van der Waals surface area contributed by atoms with E-state index in [4.69, 9.17) is 4.98 Å². The van der Waals surface area contributed by atoms with Gasteiger partial charge in [-0.2, -0.15) is 10.1 Å². The number of carbonyl (C=O) groups excluding carboxylic acids is 1. The average Bonchev–Trinajstić information content (AvgIpc) is 3.48. The molecule has 1 N–H and O–H groups in total. The minimum atomic E-state index is -0.203. The van der Waals surface area contributed by atoms with Gasteiger partial charge in [-0.3, -0.25) is 14.8 Å². The Labute approximate surface area is 178 Å². The van der Waals surface area contributed by atoms with Crippen LogP contribution >= 0.6 is 0 Å². The molecule has 0 unspecified atom stereocenters. The quantitative estimate of drug-likeness (QED) is 0.536. The Hall–Kier alpha value is -3.62. The number of rotatable bonds is 5. The summed E-state index contributed by atoms with van der Waals surface area (Å²) < 4.78 is 1.61. The summed E-state index contributed by atoms with van der Waals surface area (Å²) in [5.41, 5.74) is 3.39. The first-order chi connectivity index (χ1) is 15.1. The molecule has 9 nitrogen and oxygen atoms in total. The van der Waals surface area contributed by atoms with E-state index in [9.17, 15) is 4.79 Å². The number of pyridine rings is 2. The molecule has 4 aromatic heterocycles. The average molecular weight is 414 g/mol. The van der Waals surface area contributed by atoms with Crippen molar-refractivity contribution in [2.45, 2.75) is 38.3 Å². The second kappa shape index (κ2) is 6.69. The molecule has 4 heterocycles. The maximum Gasteiger partial charge on any atom is 0.246 e. The van der Waals surface area contributed by atoms with Gasteiger partial charge >= 0.3 is 0 Å². The van der Waals surface area contributed by atoms with Crippen LogP contribution in [-0.2, 0) is 11.3 Å². The zero-order chi connectivity index (χ0) is 21.0. The van der Waals surface area contributed by atoms with Crippen molar-refractivity contribution >= 4 is 39.6 Å². The van der Waals surface area contributed by atoms with Gasteiger partial charge in [-0.25, -0.2) is 9.67 Å². The lowest BCUT2D eigenvalue weighted by Crippen LogP contribution is -2.44. The van der Waals surface area contributed by atoms with Gasteiger partial charge in [0.05, 0.1) is 34.5 Å². The molecule has 0 radical (unpaired) electrons. The highest BCUT2D eigenvalue weighted by Crippen LogP contribution is 2.61. The zero-order valence-corrected chi connectivity index (χ0v) is 17.2. The summed E-state index contributed by atoms with van der Waals surface area (Å²) in [6.07, 6.45) is 12.0. The maximum atomic E-state index is 12.6. The van der Waals surface area contributed by atoms with E-state index in [0.717, 1.165) is 16.4 Å². The Morgan fingerprint density at radius 2 is 2.06 bits per heavy atom. The number of hydrogen-bond donors (Lipinski definition) is 1. The van der Waals surface area contributed by atoms with Crippen LogP contribution in [-0.4, -0.2) is 48.7 Å². The van der Waals surface area contributed by atoms with E-state index in [0.29, 0.717) is 28.7 Å². The van der Waals surface area contributed by atoms with Gasteiger partial charge in [0.1, 0.15) is 6.54 Å². The van der Waals surface area contributed by atoms with Crippen LogP contribution in [0.4, 0.5) is 11.6 Å². The topological polar surface area (TPSA) is 102 Å². The SMILES string of the molecule is CN(c1ncc2cnn(CC(=O)Nc3cnc4cccnc4c3)c2n1)C1CC2(CC2)C1. The molecule has 0 atom stereocenters. The summed E-state index contributed by atoms with van der Waals surface area (Å²) >= 11 is 0. The summed E-state index contributed by atoms with van der Waals surface area (Å²) in [5, 5.41) is 8.03. The van der Waals surface area contributed by atoms with E-state index < -0.39 is 0 Å². The number of nitrogens with one attached hydrogen (secondary N) is 1. The lowest BCUT2D eigenvalue weighted by atomic mass is 9.76. The summed E-state index contributed by atoms with van der Waals surface area (Å²) in [6, 6.07) is 6.01. The van der Waals surface area contributed by atoms with Crippen molar-refractivity contribution in [2.24, 2.45) is 5.41 Å². The lowest BCUT2D eigenvalue weighted by Gasteiger charge is -2.41. The molecule has 1 amide bonds. The number of amides is 1. The second-order valence-electron chi connectivity index (χ2n) is 8.74. The van der Waals surface area contributed by atoms with Gasteiger partial charge in [-0.05, 0) is 49.3 Å². The van der Waals surface area contributed by atoms with E-state index in [2.05, 4.69) is 37.3 Å².